The topological polar surface area (TPSA) is 29.1 Å². The molecule has 0 spiro atoms. The molecule has 1 aromatic heterocycles. The van der Waals surface area contributed by atoms with Gasteiger partial charge in [0.05, 0.1) is 15.9 Å². The number of rotatable bonds is 3. The molecule has 100 valence electrons. The molecule has 0 aliphatic carbocycles. The van der Waals surface area contributed by atoms with Crippen LogP contribution < -0.4 is 5.32 Å². The Morgan fingerprint density at radius 1 is 1.42 bits per heavy atom. The summed E-state index contributed by atoms with van der Waals surface area (Å²) in [4.78, 5) is 13.0. The van der Waals surface area contributed by atoms with Gasteiger partial charge < -0.3 is 5.32 Å². The van der Waals surface area contributed by atoms with Crippen molar-refractivity contribution in [3.63, 3.8) is 0 Å². The van der Waals surface area contributed by atoms with Gasteiger partial charge in [0.15, 0.2) is 0 Å². The Morgan fingerprint density at radius 3 is 2.74 bits per heavy atom. The number of hydrogen-bond acceptors (Lipinski definition) is 2. The molecule has 0 saturated carbocycles. The second kappa shape index (κ2) is 6.03. The third-order valence-corrected chi connectivity index (χ3v) is 4.61. The van der Waals surface area contributed by atoms with Crippen LogP contribution in [0.5, 0.6) is 0 Å². The third kappa shape index (κ3) is 3.55. The predicted octanol–water partition coefficient (Wildman–Crippen LogP) is 4.79. The quantitative estimate of drug-likeness (QED) is 0.835. The van der Waals surface area contributed by atoms with E-state index in [2.05, 4.69) is 21.2 Å². The Kier molecular flexibility index (Phi) is 4.60. The average Bonchev–Trinajstić information content (AvgIpc) is 2.75. The van der Waals surface area contributed by atoms with E-state index >= 15 is 0 Å². The minimum atomic E-state index is -0.387. The Hall–Kier alpha value is -0.910. The summed E-state index contributed by atoms with van der Waals surface area (Å²) < 4.78 is 14.1. The van der Waals surface area contributed by atoms with Crippen molar-refractivity contribution >= 4 is 44.8 Å². The van der Waals surface area contributed by atoms with E-state index in [0.717, 1.165) is 4.88 Å². The molecule has 1 atom stereocenters. The highest BCUT2D eigenvalue weighted by molar-refractivity contribution is 9.10. The number of benzene rings is 1. The van der Waals surface area contributed by atoms with Crippen LogP contribution in [0.3, 0.4) is 0 Å². The first-order chi connectivity index (χ1) is 8.97. The summed E-state index contributed by atoms with van der Waals surface area (Å²) in [5.41, 5.74) is 0.399. The fourth-order valence-corrected chi connectivity index (χ4v) is 3.17. The lowest BCUT2D eigenvalue weighted by atomic mass is 10.2. The first-order valence-electron chi connectivity index (χ1n) is 5.48. The molecule has 2 aromatic rings. The van der Waals surface area contributed by atoms with Gasteiger partial charge in [-0.05, 0) is 53.2 Å². The van der Waals surface area contributed by atoms with E-state index in [4.69, 9.17) is 11.6 Å². The number of thiophene rings is 1. The van der Waals surface area contributed by atoms with Gasteiger partial charge >= 0.3 is 0 Å². The Balaban J connectivity index is 2.12. The number of halogens is 3. The van der Waals surface area contributed by atoms with Crippen LogP contribution in [0.4, 0.5) is 4.39 Å². The summed E-state index contributed by atoms with van der Waals surface area (Å²) in [5, 5.41) is 2.85. The van der Waals surface area contributed by atoms with Crippen molar-refractivity contribution in [2.75, 3.05) is 0 Å². The van der Waals surface area contributed by atoms with E-state index in [1.807, 2.05) is 13.0 Å². The van der Waals surface area contributed by atoms with E-state index in [1.54, 1.807) is 6.07 Å². The zero-order chi connectivity index (χ0) is 14.0. The van der Waals surface area contributed by atoms with Crippen molar-refractivity contribution in [3.05, 3.63) is 55.4 Å². The zero-order valence-electron chi connectivity index (χ0n) is 9.91. The molecule has 6 heteroatoms. The third-order valence-electron chi connectivity index (χ3n) is 2.54. The molecule has 0 bridgehead atoms. The van der Waals surface area contributed by atoms with Crippen LogP contribution in [0.25, 0.3) is 0 Å². The molecule has 1 N–H and O–H groups in total. The van der Waals surface area contributed by atoms with E-state index < -0.39 is 0 Å². The van der Waals surface area contributed by atoms with Crippen molar-refractivity contribution < 1.29 is 9.18 Å². The highest BCUT2D eigenvalue weighted by Crippen LogP contribution is 2.27. The molecule has 0 radical (unpaired) electrons. The van der Waals surface area contributed by atoms with Gasteiger partial charge in [-0.1, -0.05) is 11.6 Å². The fraction of sp³-hybridized carbons (Fsp3) is 0.154. The van der Waals surface area contributed by atoms with E-state index in [0.29, 0.717) is 14.4 Å². The molecule has 2 nitrogen and oxygen atoms in total. The molecular formula is C13H10BrClFNOS. The van der Waals surface area contributed by atoms with Crippen LogP contribution in [0.1, 0.15) is 28.2 Å². The minimum absolute atomic E-state index is 0.151. The predicted molar refractivity (Wildman–Crippen MR) is 79.3 cm³/mol. The lowest BCUT2D eigenvalue weighted by Crippen LogP contribution is -2.26. The van der Waals surface area contributed by atoms with Crippen LogP contribution in [0.2, 0.25) is 4.34 Å². The molecule has 0 saturated heterocycles. The molecule has 0 aliphatic heterocycles. The maximum absolute atomic E-state index is 13.0. The summed E-state index contributed by atoms with van der Waals surface area (Å²) in [6, 6.07) is 7.48. The second-order valence-electron chi connectivity index (χ2n) is 3.96. The fourth-order valence-electron chi connectivity index (χ4n) is 1.58. The summed E-state index contributed by atoms with van der Waals surface area (Å²) >= 11 is 10.5. The first-order valence-corrected chi connectivity index (χ1v) is 7.47. The maximum Gasteiger partial charge on any atom is 0.252 e. The van der Waals surface area contributed by atoms with Crippen LogP contribution in [-0.4, -0.2) is 5.91 Å². The number of amides is 1. The van der Waals surface area contributed by atoms with Gasteiger partial charge in [0, 0.05) is 9.35 Å². The Morgan fingerprint density at radius 2 is 2.16 bits per heavy atom. The van der Waals surface area contributed by atoms with Gasteiger partial charge in [0.25, 0.3) is 5.91 Å². The molecule has 1 heterocycles. The van der Waals surface area contributed by atoms with E-state index in [-0.39, 0.29) is 17.8 Å². The summed E-state index contributed by atoms with van der Waals surface area (Å²) in [7, 11) is 0. The summed E-state index contributed by atoms with van der Waals surface area (Å²) in [5.74, 6) is -0.648. The van der Waals surface area contributed by atoms with Crippen LogP contribution in [-0.2, 0) is 0 Å². The number of carbonyl (C=O) groups is 1. The van der Waals surface area contributed by atoms with Gasteiger partial charge in [-0.2, -0.15) is 0 Å². The summed E-state index contributed by atoms with van der Waals surface area (Å²) in [6.45, 7) is 1.87. The lowest BCUT2D eigenvalue weighted by molar-refractivity contribution is 0.0939. The molecule has 0 fully saturated rings. The van der Waals surface area contributed by atoms with Crippen molar-refractivity contribution in [1.29, 1.82) is 0 Å². The van der Waals surface area contributed by atoms with Crippen LogP contribution in [0, 0.1) is 5.82 Å². The van der Waals surface area contributed by atoms with Gasteiger partial charge in [0.1, 0.15) is 5.82 Å². The van der Waals surface area contributed by atoms with Crippen molar-refractivity contribution in [3.8, 4) is 0 Å². The number of hydrogen-bond donors (Lipinski definition) is 1. The Bertz CT molecular complexity index is 616. The highest BCUT2D eigenvalue weighted by atomic mass is 79.9. The largest absolute Gasteiger partial charge is 0.345 e. The van der Waals surface area contributed by atoms with Crippen molar-refractivity contribution in [2.24, 2.45) is 0 Å². The molecule has 1 aromatic carbocycles. The Labute approximate surface area is 127 Å². The van der Waals surface area contributed by atoms with Crippen LogP contribution >= 0.6 is 38.9 Å². The minimum Gasteiger partial charge on any atom is -0.345 e. The molecule has 2 rings (SSSR count). The number of nitrogens with one attached hydrogen (secondary N) is 1. The number of carbonyl (C=O) groups excluding carboxylic acids is 1. The molecule has 0 aliphatic rings. The molecule has 1 unspecified atom stereocenters. The monoisotopic (exact) mass is 361 g/mol. The first kappa shape index (κ1) is 14.5. The molecular weight excluding hydrogens is 353 g/mol. The average molecular weight is 363 g/mol. The zero-order valence-corrected chi connectivity index (χ0v) is 13.1. The van der Waals surface area contributed by atoms with Gasteiger partial charge in [-0.3, -0.25) is 4.79 Å². The highest BCUT2D eigenvalue weighted by Gasteiger charge is 2.15. The van der Waals surface area contributed by atoms with Gasteiger partial charge in [0.2, 0.25) is 0 Å². The van der Waals surface area contributed by atoms with Crippen LogP contribution in [0.15, 0.2) is 34.8 Å². The van der Waals surface area contributed by atoms with Gasteiger partial charge in [-0.15, -0.1) is 11.3 Å². The van der Waals surface area contributed by atoms with E-state index in [9.17, 15) is 9.18 Å². The standard InChI is InChI=1S/C13H10BrClFNOS/c1-7(11-4-5-12(15)19-11)17-13(18)9-3-2-8(16)6-10(9)14/h2-7H,1H3,(H,17,18). The summed E-state index contributed by atoms with van der Waals surface area (Å²) in [6.07, 6.45) is 0. The molecule has 1 amide bonds. The lowest BCUT2D eigenvalue weighted by Gasteiger charge is -2.13. The normalized spacial score (nSPS) is 12.2. The second-order valence-corrected chi connectivity index (χ2v) is 6.56. The van der Waals surface area contributed by atoms with Crippen molar-refractivity contribution in [2.45, 2.75) is 13.0 Å². The van der Waals surface area contributed by atoms with Crippen molar-refractivity contribution in [1.82, 2.24) is 5.32 Å². The van der Waals surface area contributed by atoms with E-state index in [1.165, 1.54) is 29.5 Å². The van der Waals surface area contributed by atoms with Gasteiger partial charge in [-0.25, -0.2) is 4.39 Å². The molecule has 19 heavy (non-hydrogen) atoms. The SMILES string of the molecule is CC(NC(=O)c1ccc(F)cc1Br)c1ccc(Cl)s1. The maximum atomic E-state index is 13.0. The smallest absolute Gasteiger partial charge is 0.252 e.